The molecule has 0 aliphatic rings. The topological polar surface area (TPSA) is 114 Å². The van der Waals surface area contributed by atoms with E-state index in [0.29, 0.717) is 11.6 Å². The summed E-state index contributed by atoms with van der Waals surface area (Å²) in [5.74, 6) is -0.0741. The standard InChI is InChI=1S/C10H11N5O3S/c1-5-7(9(16)17)8(14-10(18)13-5)19-3-6-11-4-12-15(6)2/h4H,3H2,1-2H3,(H,16,17)(H,13,14,18). The molecule has 0 aromatic carbocycles. The molecule has 0 saturated carbocycles. The number of aromatic carboxylic acids is 1. The van der Waals surface area contributed by atoms with Gasteiger partial charge in [0, 0.05) is 12.7 Å². The van der Waals surface area contributed by atoms with Crippen LogP contribution in [0.5, 0.6) is 0 Å². The molecule has 0 unspecified atom stereocenters. The number of hydrogen-bond donors (Lipinski definition) is 2. The lowest BCUT2D eigenvalue weighted by Gasteiger charge is -2.06. The van der Waals surface area contributed by atoms with Crippen LogP contribution in [0.4, 0.5) is 0 Å². The summed E-state index contributed by atoms with van der Waals surface area (Å²) >= 11 is 1.14. The third-order valence-corrected chi connectivity index (χ3v) is 3.41. The highest BCUT2D eigenvalue weighted by Gasteiger charge is 2.17. The zero-order valence-corrected chi connectivity index (χ0v) is 11.1. The number of aryl methyl sites for hydroxylation is 2. The van der Waals surface area contributed by atoms with Crippen LogP contribution >= 0.6 is 11.8 Å². The number of hydrogen-bond acceptors (Lipinski definition) is 6. The second kappa shape index (κ2) is 5.22. The molecule has 2 N–H and O–H groups in total. The molecule has 0 saturated heterocycles. The predicted octanol–water partition coefficient (Wildman–Crippen LogP) is 0.197. The maximum Gasteiger partial charge on any atom is 0.346 e. The summed E-state index contributed by atoms with van der Waals surface area (Å²) in [6.45, 7) is 1.53. The number of carbonyl (C=O) groups is 1. The molecule has 19 heavy (non-hydrogen) atoms. The highest BCUT2D eigenvalue weighted by atomic mass is 32.2. The van der Waals surface area contributed by atoms with Crippen molar-refractivity contribution in [3.8, 4) is 0 Å². The van der Waals surface area contributed by atoms with Gasteiger partial charge in [0.1, 0.15) is 22.7 Å². The molecule has 8 nitrogen and oxygen atoms in total. The van der Waals surface area contributed by atoms with Gasteiger partial charge in [0.25, 0.3) is 0 Å². The Morgan fingerprint density at radius 2 is 2.32 bits per heavy atom. The summed E-state index contributed by atoms with van der Waals surface area (Å²) in [6, 6.07) is 0. The second-order valence-electron chi connectivity index (χ2n) is 3.74. The maximum atomic E-state index is 11.3. The van der Waals surface area contributed by atoms with Gasteiger partial charge >= 0.3 is 11.7 Å². The largest absolute Gasteiger partial charge is 0.478 e. The first kappa shape index (κ1) is 13.3. The number of aromatic amines is 1. The van der Waals surface area contributed by atoms with E-state index in [9.17, 15) is 9.59 Å². The second-order valence-corrected chi connectivity index (χ2v) is 4.70. The lowest BCUT2D eigenvalue weighted by atomic mass is 10.2. The minimum Gasteiger partial charge on any atom is -0.478 e. The summed E-state index contributed by atoms with van der Waals surface area (Å²) in [5.41, 5.74) is -0.275. The molecular formula is C10H11N5O3S. The van der Waals surface area contributed by atoms with E-state index >= 15 is 0 Å². The monoisotopic (exact) mass is 281 g/mol. The lowest BCUT2D eigenvalue weighted by molar-refractivity contribution is 0.0690. The van der Waals surface area contributed by atoms with E-state index in [4.69, 9.17) is 5.11 Å². The summed E-state index contributed by atoms with van der Waals surface area (Å²) in [6.07, 6.45) is 1.41. The van der Waals surface area contributed by atoms with E-state index in [2.05, 4.69) is 20.1 Å². The van der Waals surface area contributed by atoms with Crippen LogP contribution in [0.25, 0.3) is 0 Å². The quantitative estimate of drug-likeness (QED) is 0.607. The van der Waals surface area contributed by atoms with Crippen molar-refractivity contribution in [2.24, 2.45) is 7.05 Å². The molecule has 0 amide bonds. The number of thioether (sulfide) groups is 1. The molecule has 9 heteroatoms. The maximum absolute atomic E-state index is 11.3. The molecule has 0 spiro atoms. The molecule has 2 aromatic heterocycles. The van der Waals surface area contributed by atoms with Crippen molar-refractivity contribution in [2.45, 2.75) is 17.7 Å². The first-order valence-corrected chi connectivity index (χ1v) is 6.27. The number of aromatic nitrogens is 5. The third-order valence-electron chi connectivity index (χ3n) is 2.44. The molecule has 2 heterocycles. The van der Waals surface area contributed by atoms with Crippen molar-refractivity contribution in [1.29, 1.82) is 0 Å². The Kier molecular flexibility index (Phi) is 3.65. The molecule has 2 aromatic rings. The van der Waals surface area contributed by atoms with Gasteiger partial charge in [0.15, 0.2) is 0 Å². The van der Waals surface area contributed by atoms with Crippen molar-refractivity contribution in [3.05, 3.63) is 33.9 Å². The van der Waals surface area contributed by atoms with Crippen LogP contribution in [0.3, 0.4) is 0 Å². The summed E-state index contributed by atoms with van der Waals surface area (Å²) in [7, 11) is 1.73. The lowest BCUT2D eigenvalue weighted by Crippen LogP contribution is -2.18. The molecule has 0 fully saturated rings. The van der Waals surface area contributed by atoms with E-state index in [-0.39, 0.29) is 16.3 Å². The van der Waals surface area contributed by atoms with Gasteiger partial charge in [0.2, 0.25) is 0 Å². The first-order valence-electron chi connectivity index (χ1n) is 5.29. The fourth-order valence-electron chi connectivity index (χ4n) is 1.50. The van der Waals surface area contributed by atoms with Crippen LogP contribution in [-0.4, -0.2) is 35.8 Å². The van der Waals surface area contributed by atoms with Crippen LogP contribution in [0.2, 0.25) is 0 Å². The Labute approximate surface area is 111 Å². The summed E-state index contributed by atoms with van der Waals surface area (Å²) < 4.78 is 1.58. The fraction of sp³-hybridized carbons (Fsp3) is 0.300. The smallest absolute Gasteiger partial charge is 0.346 e. The minimum absolute atomic E-state index is 0.00627. The molecule has 0 bridgehead atoms. The average molecular weight is 281 g/mol. The van der Waals surface area contributed by atoms with Crippen molar-refractivity contribution < 1.29 is 9.90 Å². The van der Waals surface area contributed by atoms with E-state index in [1.807, 2.05) is 0 Å². The summed E-state index contributed by atoms with van der Waals surface area (Å²) in [4.78, 5) is 32.6. The minimum atomic E-state index is -1.12. The van der Waals surface area contributed by atoms with Gasteiger partial charge in [-0.25, -0.2) is 14.6 Å². The normalized spacial score (nSPS) is 10.6. The number of nitrogens with one attached hydrogen (secondary N) is 1. The molecule has 0 atom stereocenters. The van der Waals surface area contributed by atoms with Gasteiger partial charge in [-0.3, -0.25) is 4.68 Å². The van der Waals surface area contributed by atoms with E-state index in [1.165, 1.54) is 13.3 Å². The number of rotatable bonds is 4. The van der Waals surface area contributed by atoms with Crippen LogP contribution in [0.1, 0.15) is 21.9 Å². The SMILES string of the molecule is Cc1[nH]c(=O)nc(SCc2ncnn2C)c1C(=O)O. The van der Waals surface area contributed by atoms with Crippen LogP contribution in [0.15, 0.2) is 16.1 Å². The van der Waals surface area contributed by atoms with Gasteiger partial charge < -0.3 is 10.1 Å². The number of carboxylic acid groups (broad SMARTS) is 1. The Bertz CT molecular complexity index is 678. The summed E-state index contributed by atoms with van der Waals surface area (Å²) in [5, 5.41) is 13.2. The molecule has 0 aliphatic heterocycles. The Hall–Kier alpha value is -2.16. The highest BCUT2D eigenvalue weighted by Crippen LogP contribution is 2.23. The van der Waals surface area contributed by atoms with Crippen molar-refractivity contribution in [1.82, 2.24) is 24.7 Å². The van der Waals surface area contributed by atoms with E-state index < -0.39 is 11.7 Å². The Morgan fingerprint density at radius 3 is 2.89 bits per heavy atom. The zero-order valence-electron chi connectivity index (χ0n) is 10.2. The van der Waals surface area contributed by atoms with Crippen LogP contribution < -0.4 is 5.69 Å². The van der Waals surface area contributed by atoms with Crippen molar-refractivity contribution in [3.63, 3.8) is 0 Å². The number of carboxylic acids is 1. The van der Waals surface area contributed by atoms with Gasteiger partial charge in [-0.05, 0) is 6.92 Å². The molecule has 2 rings (SSSR count). The first-order chi connectivity index (χ1) is 8.99. The van der Waals surface area contributed by atoms with Crippen molar-refractivity contribution in [2.75, 3.05) is 0 Å². The molecular weight excluding hydrogens is 270 g/mol. The fourth-order valence-corrected chi connectivity index (χ4v) is 2.56. The number of nitrogens with zero attached hydrogens (tertiary/aromatic N) is 4. The van der Waals surface area contributed by atoms with Gasteiger partial charge in [0.05, 0.1) is 5.75 Å². The number of H-pyrrole nitrogens is 1. The van der Waals surface area contributed by atoms with Gasteiger partial charge in [-0.1, -0.05) is 11.8 Å². The van der Waals surface area contributed by atoms with Crippen LogP contribution in [0, 0.1) is 6.92 Å². The Balaban J connectivity index is 2.32. The highest BCUT2D eigenvalue weighted by molar-refractivity contribution is 7.98. The van der Waals surface area contributed by atoms with E-state index in [0.717, 1.165) is 11.8 Å². The van der Waals surface area contributed by atoms with Crippen molar-refractivity contribution >= 4 is 17.7 Å². The Morgan fingerprint density at radius 1 is 1.58 bits per heavy atom. The van der Waals surface area contributed by atoms with Gasteiger partial charge in [-0.15, -0.1) is 0 Å². The zero-order chi connectivity index (χ0) is 14.0. The van der Waals surface area contributed by atoms with E-state index in [1.54, 1.807) is 11.7 Å². The van der Waals surface area contributed by atoms with Gasteiger partial charge in [-0.2, -0.15) is 10.1 Å². The average Bonchev–Trinajstić information content (AvgIpc) is 2.70. The molecule has 0 radical (unpaired) electrons. The molecule has 0 aliphatic carbocycles. The third kappa shape index (κ3) is 2.81. The predicted molar refractivity (Wildman–Crippen MR) is 67.1 cm³/mol. The van der Waals surface area contributed by atoms with Crippen LogP contribution in [-0.2, 0) is 12.8 Å². The molecule has 100 valence electrons.